The first kappa shape index (κ1) is 24.2. The van der Waals surface area contributed by atoms with Gasteiger partial charge in [-0.05, 0) is 72.0 Å². The van der Waals surface area contributed by atoms with Gasteiger partial charge in [0.1, 0.15) is 0 Å². The van der Waals surface area contributed by atoms with Crippen LogP contribution in [0.5, 0.6) is 11.5 Å². The molecular weight excluding hydrogens is 468 g/mol. The Bertz CT molecular complexity index is 1430. The molecule has 5 rings (SSSR count). The first-order valence-corrected chi connectivity index (χ1v) is 12.1. The van der Waals surface area contributed by atoms with Crippen molar-refractivity contribution in [1.29, 1.82) is 0 Å². The Balaban J connectivity index is 1.53. The number of anilines is 1. The maximum absolute atomic E-state index is 14.0. The summed E-state index contributed by atoms with van der Waals surface area (Å²) in [4.78, 5) is 28.4. The third-order valence-corrected chi connectivity index (χ3v) is 6.73. The predicted molar refractivity (Wildman–Crippen MR) is 140 cm³/mol. The van der Waals surface area contributed by atoms with Gasteiger partial charge in [-0.15, -0.1) is 0 Å². The number of hydrogen-bond acceptors (Lipinski definition) is 5. The summed E-state index contributed by atoms with van der Waals surface area (Å²) in [5.41, 5.74) is 5.02. The van der Waals surface area contributed by atoms with Crippen LogP contribution in [0.2, 0.25) is 0 Å². The van der Waals surface area contributed by atoms with Crippen LogP contribution in [-0.2, 0) is 6.42 Å². The fourth-order valence-electron chi connectivity index (χ4n) is 4.81. The molecule has 3 aromatic carbocycles. The van der Waals surface area contributed by atoms with Gasteiger partial charge in [0.25, 0.3) is 11.8 Å². The highest BCUT2D eigenvalue weighted by Crippen LogP contribution is 2.41. The Kier molecular flexibility index (Phi) is 6.68. The molecule has 1 aromatic heterocycles. The van der Waals surface area contributed by atoms with E-state index in [2.05, 4.69) is 5.32 Å². The van der Waals surface area contributed by atoms with E-state index in [4.69, 9.17) is 13.9 Å². The second-order valence-corrected chi connectivity index (χ2v) is 8.93. The molecule has 0 saturated heterocycles. The van der Waals surface area contributed by atoms with Gasteiger partial charge in [0.15, 0.2) is 17.3 Å². The number of nitrogens with zero attached hydrogens (tertiary/aromatic N) is 1. The smallest absolute Gasteiger partial charge is 0.291 e. The van der Waals surface area contributed by atoms with Crippen LogP contribution in [0.3, 0.4) is 0 Å². The Morgan fingerprint density at radius 2 is 1.70 bits per heavy atom. The summed E-state index contributed by atoms with van der Waals surface area (Å²) in [7, 11) is 3.23. The number of carbonyl (C=O) groups excluding carboxylic acids is 2. The number of ether oxygens (including phenoxy) is 2. The number of aryl methyl sites for hydroxylation is 1. The molecule has 7 heteroatoms. The monoisotopic (exact) mass is 496 g/mol. The molecule has 1 N–H and O–H groups in total. The van der Waals surface area contributed by atoms with Crippen molar-refractivity contribution in [2.24, 2.45) is 0 Å². The lowest BCUT2D eigenvalue weighted by atomic mass is 9.87. The molecule has 1 aliphatic heterocycles. The van der Waals surface area contributed by atoms with Crippen LogP contribution >= 0.6 is 0 Å². The number of furan rings is 1. The van der Waals surface area contributed by atoms with Crippen LogP contribution in [0.25, 0.3) is 0 Å². The van der Waals surface area contributed by atoms with E-state index >= 15 is 0 Å². The molecule has 0 spiro atoms. The zero-order chi connectivity index (χ0) is 25.9. The maximum Gasteiger partial charge on any atom is 0.291 e. The quantitative estimate of drug-likeness (QED) is 0.373. The highest BCUT2D eigenvalue weighted by atomic mass is 16.5. The molecule has 0 bridgehead atoms. The van der Waals surface area contributed by atoms with Crippen LogP contribution in [0.15, 0.2) is 83.5 Å². The molecular formula is C30H28N2O5. The molecule has 1 aliphatic rings. The number of nitrogens with one attached hydrogen (secondary N) is 1. The van der Waals surface area contributed by atoms with Gasteiger partial charge in [0.2, 0.25) is 0 Å². The van der Waals surface area contributed by atoms with E-state index in [1.807, 2.05) is 60.4 Å². The van der Waals surface area contributed by atoms with E-state index in [9.17, 15) is 9.59 Å². The van der Waals surface area contributed by atoms with Crippen molar-refractivity contribution in [3.05, 3.63) is 113 Å². The van der Waals surface area contributed by atoms with Crippen molar-refractivity contribution in [2.75, 3.05) is 26.1 Å². The maximum atomic E-state index is 14.0. The second-order valence-electron chi connectivity index (χ2n) is 8.93. The Labute approximate surface area is 215 Å². The lowest BCUT2D eigenvalue weighted by molar-refractivity contribution is 0.0694. The second kappa shape index (κ2) is 10.2. The van der Waals surface area contributed by atoms with Crippen molar-refractivity contribution in [3.63, 3.8) is 0 Å². The van der Waals surface area contributed by atoms with Crippen LogP contribution in [-0.4, -0.2) is 37.5 Å². The highest BCUT2D eigenvalue weighted by molar-refractivity contribution is 6.04. The zero-order valence-electron chi connectivity index (χ0n) is 21.0. The fraction of sp³-hybridized carbons (Fsp3) is 0.200. The topological polar surface area (TPSA) is 81.0 Å². The van der Waals surface area contributed by atoms with Gasteiger partial charge in [-0.1, -0.05) is 36.4 Å². The molecule has 0 saturated carbocycles. The summed E-state index contributed by atoms with van der Waals surface area (Å²) in [6.07, 6.45) is 2.13. The van der Waals surface area contributed by atoms with Gasteiger partial charge >= 0.3 is 0 Å². The SMILES string of the molecule is COc1cc2c(cc1OC)[C@H](c1ccccc1)N(C(=O)c1ccc(C)c(NC(=O)c3ccco3)c1)CC2. The van der Waals surface area contributed by atoms with Gasteiger partial charge in [-0.2, -0.15) is 0 Å². The van der Waals surface area contributed by atoms with Gasteiger partial charge < -0.3 is 24.1 Å². The van der Waals surface area contributed by atoms with E-state index in [0.29, 0.717) is 35.7 Å². The van der Waals surface area contributed by atoms with Crippen LogP contribution in [0, 0.1) is 6.92 Å². The third-order valence-electron chi connectivity index (χ3n) is 6.73. The zero-order valence-corrected chi connectivity index (χ0v) is 21.0. The summed E-state index contributed by atoms with van der Waals surface area (Å²) in [5.74, 6) is 1.01. The van der Waals surface area contributed by atoms with Gasteiger partial charge in [-0.25, -0.2) is 0 Å². The minimum absolute atomic E-state index is 0.122. The Hall–Kier alpha value is -4.52. The largest absolute Gasteiger partial charge is 0.493 e. The van der Waals surface area contributed by atoms with E-state index in [1.165, 1.54) is 6.26 Å². The molecule has 1 atom stereocenters. The van der Waals surface area contributed by atoms with Crippen molar-refractivity contribution in [2.45, 2.75) is 19.4 Å². The number of rotatable bonds is 6. The standard InChI is InChI=1S/C30H28N2O5/c1-19-11-12-22(16-24(19)31-29(33)25-10-7-15-37-25)30(34)32-14-13-21-17-26(35-2)27(36-3)18-23(21)28(32)20-8-5-4-6-9-20/h4-12,15-18,28H,13-14H2,1-3H3,(H,31,33)/t28-/m0/s1. The molecule has 4 aromatic rings. The summed E-state index contributed by atoms with van der Waals surface area (Å²) in [6, 6.07) is 22.2. The van der Waals surface area contributed by atoms with E-state index in [-0.39, 0.29) is 23.6 Å². The molecule has 7 nitrogen and oxygen atoms in total. The fourth-order valence-corrected chi connectivity index (χ4v) is 4.81. The lowest BCUT2D eigenvalue weighted by Crippen LogP contribution is -2.40. The lowest BCUT2D eigenvalue weighted by Gasteiger charge is -2.38. The molecule has 0 aliphatic carbocycles. The number of amides is 2. The average molecular weight is 497 g/mol. The highest BCUT2D eigenvalue weighted by Gasteiger charge is 2.34. The third kappa shape index (κ3) is 4.68. The number of methoxy groups -OCH3 is 2. The van der Waals surface area contributed by atoms with Crippen molar-refractivity contribution >= 4 is 17.5 Å². The van der Waals surface area contributed by atoms with Crippen molar-refractivity contribution < 1.29 is 23.5 Å². The predicted octanol–water partition coefficient (Wildman–Crippen LogP) is 5.65. The molecule has 188 valence electrons. The van der Waals surface area contributed by atoms with Crippen LogP contribution in [0.1, 0.15) is 49.2 Å². The number of fused-ring (bicyclic) bond motifs is 1. The number of carbonyl (C=O) groups is 2. The normalized spacial score (nSPS) is 14.6. The number of benzene rings is 3. The van der Waals surface area contributed by atoms with Gasteiger partial charge in [-0.3, -0.25) is 9.59 Å². The summed E-state index contributed by atoms with van der Waals surface area (Å²) in [6.45, 7) is 2.42. The minimum Gasteiger partial charge on any atom is -0.493 e. The number of hydrogen-bond donors (Lipinski definition) is 1. The van der Waals surface area contributed by atoms with E-state index < -0.39 is 0 Å². The van der Waals surface area contributed by atoms with Gasteiger partial charge in [0.05, 0.1) is 26.5 Å². The summed E-state index contributed by atoms with van der Waals surface area (Å²) >= 11 is 0. The molecule has 2 heterocycles. The molecule has 0 radical (unpaired) electrons. The van der Waals surface area contributed by atoms with Crippen molar-refractivity contribution in [1.82, 2.24) is 4.90 Å². The summed E-state index contributed by atoms with van der Waals surface area (Å²) in [5, 5.41) is 2.86. The van der Waals surface area contributed by atoms with Gasteiger partial charge in [0, 0.05) is 17.8 Å². The molecule has 2 amide bonds. The minimum atomic E-state index is -0.368. The summed E-state index contributed by atoms with van der Waals surface area (Å²) < 4.78 is 16.3. The molecule has 37 heavy (non-hydrogen) atoms. The Morgan fingerprint density at radius 3 is 2.41 bits per heavy atom. The van der Waals surface area contributed by atoms with E-state index in [1.54, 1.807) is 38.5 Å². The van der Waals surface area contributed by atoms with Crippen molar-refractivity contribution in [3.8, 4) is 11.5 Å². The van der Waals surface area contributed by atoms with Crippen LogP contribution in [0.4, 0.5) is 5.69 Å². The first-order valence-electron chi connectivity index (χ1n) is 12.1. The first-order chi connectivity index (χ1) is 18.0. The molecule has 0 unspecified atom stereocenters. The average Bonchev–Trinajstić information content (AvgIpc) is 3.48. The van der Waals surface area contributed by atoms with Crippen LogP contribution < -0.4 is 14.8 Å². The Morgan fingerprint density at radius 1 is 0.946 bits per heavy atom. The van der Waals surface area contributed by atoms with E-state index in [0.717, 1.165) is 22.3 Å². The molecule has 0 fully saturated rings.